The number of aromatic hydroxyl groups is 2. The molecular weight excluding hydrogens is 311 g/mol. The monoisotopic (exact) mass is 326 g/mol. The van der Waals surface area contributed by atoms with Crippen LogP contribution in [0.25, 0.3) is 0 Å². The van der Waals surface area contributed by atoms with Crippen molar-refractivity contribution >= 4 is 12.7 Å². The van der Waals surface area contributed by atoms with Gasteiger partial charge in [-0.25, -0.2) is 0 Å². The van der Waals surface area contributed by atoms with Gasteiger partial charge in [-0.2, -0.15) is 0 Å². The van der Waals surface area contributed by atoms with Crippen molar-refractivity contribution in [3.05, 3.63) is 72.3 Å². The Morgan fingerprint density at radius 3 is 2.65 bits per heavy atom. The van der Waals surface area contributed by atoms with Crippen molar-refractivity contribution < 1.29 is 19.3 Å². The molecule has 1 aliphatic carbocycles. The minimum Gasteiger partial charge on any atom is -0.508 e. The van der Waals surface area contributed by atoms with E-state index in [0.29, 0.717) is 5.75 Å². The minimum absolute atomic E-state index is 0.0534. The Morgan fingerprint density at radius 1 is 1.00 bits per heavy atom. The maximum absolute atomic E-state index is 13.8. The molecule has 116 valence electrons. The van der Waals surface area contributed by atoms with Crippen molar-refractivity contribution in [2.75, 3.05) is 0 Å². The van der Waals surface area contributed by atoms with E-state index in [-0.39, 0.29) is 22.7 Å². The molecule has 0 bridgehead atoms. The minimum atomic E-state index is -3.44. The summed E-state index contributed by atoms with van der Waals surface area (Å²) in [5.74, 6) is 0.284. The van der Waals surface area contributed by atoms with Crippen LogP contribution >= 0.6 is 7.37 Å². The van der Waals surface area contributed by atoms with Crippen molar-refractivity contribution in [2.24, 2.45) is 0 Å². The van der Waals surface area contributed by atoms with Crippen molar-refractivity contribution in [1.29, 1.82) is 0 Å². The van der Waals surface area contributed by atoms with Gasteiger partial charge in [-0.15, -0.1) is 0 Å². The van der Waals surface area contributed by atoms with E-state index in [2.05, 4.69) is 0 Å². The van der Waals surface area contributed by atoms with E-state index in [1.807, 2.05) is 42.5 Å². The third-order valence-electron chi connectivity index (χ3n) is 4.31. The van der Waals surface area contributed by atoms with Gasteiger partial charge in [0.05, 0.1) is 11.0 Å². The standard InChI is InChI=1S/C18H15O4P/c19-12-9-10-15(20)18(11-12)23(21)17-8-4-2-6-14(17)13-5-1-3-7-16(13)22-23/h1-11,14,17,19-20H. The van der Waals surface area contributed by atoms with Crippen LogP contribution in [0, 0.1) is 0 Å². The van der Waals surface area contributed by atoms with Crippen molar-refractivity contribution in [3.63, 3.8) is 0 Å². The topological polar surface area (TPSA) is 66.8 Å². The Bertz CT molecular complexity index is 884. The maximum atomic E-state index is 13.8. The highest BCUT2D eigenvalue weighted by Crippen LogP contribution is 2.63. The molecule has 0 aromatic heterocycles. The summed E-state index contributed by atoms with van der Waals surface area (Å²) in [5.41, 5.74) is 0.569. The van der Waals surface area contributed by atoms with E-state index >= 15 is 0 Å². The second-order valence-electron chi connectivity index (χ2n) is 5.69. The number of allylic oxidation sites excluding steroid dienone is 4. The van der Waals surface area contributed by atoms with Crippen LogP contribution in [0.4, 0.5) is 0 Å². The lowest BCUT2D eigenvalue weighted by molar-refractivity contribution is 0.447. The number of hydrogen-bond donors (Lipinski definition) is 2. The second kappa shape index (κ2) is 5.04. The zero-order valence-electron chi connectivity index (χ0n) is 12.2. The summed E-state index contributed by atoms with van der Waals surface area (Å²) in [6, 6.07) is 11.5. The lowest BCUT2D eigenvalue weighted by atomic mass is 9.91. The number of para-hydroxylation sites is 1. The molecule has 5 heteroatoms. The number of hydrogen-bond acceptors (Lipinski definition) is 4. The molecule has 2 N–H and O–H groups in total. The highest BCUT2D eigenvalue weighted by Gasteiger charge is 2.47. The average molecular weight is 326 g/mol. The summed E-state index contributed by atoms with van der Waals surface area (Å²) >= 11 is 0. The summed E-state index contributed by atoms with van der Waals surface area (Å²) in [7, 11) is -3.44. The molecule has 0 fully saturated rings. The fourth-order valence-electron chi connectivity index (χ4n) is 3.23. The first-order chi connectivity index (χ1) is 11.1. The molecule has 0 amide bonds. The lowest BCUT2D eigenvalue weighted by Crippen LogP contribution is -2.30. The largest absolute Gasteiger partial charge is 0.508 e. The van der Waals surface area contributed by atoms with Crippen LogP contribution in [0.2, 0.25) is 0 Å². The van der Waals surface area contributed by atoms with Crippen LogP contribution < -0.4 is 9.83 Å². The summed E-state index contributed by atoms with van der Waals surface area (Å²) in [6.45, 7) is 0. The van der Waals surface area contributed by atoms with Gasteiger partial charge in [-0.3, -0.25) is 4.57 Å². The molecule has 4 nitrogen and oxygen atoms in total. The number of phenolic OH excluding ortho intramolecular Hbond substituents is 2. The zero-order valence-corrected chi connectivity index (χ0v) is 13.1. The molecule has 0 spiro atoms. The number of phenols is 2. The average Bonchev–Trinajstić information content (AvgIpc) is 2.57. The first-order valence-corrected chi connectivity index (χ1v) is 9.05. The van der Waals surface area contributed by atoms with Gasteiger partial charge < -0.3 is 14.7 Å². The molecule has 2 aromatic carbocycles. The highest BCUT2D eigenvalue weighted by atomic mass is 31.2. The molecule has 1 aliphatic heterocycles. The van der Waals surface area contributed by atoms with Gasteiger partial charge in [0.25, 0.3) is 7.37 Å². The molecule has 0 radical (unpaired) electrons. The quantitative estimate of drug-likeness (QED) is 0.620. The van der Waals surface area contributed by atoms with E-state index in [1.165, 1.54) is 18.2 Å². The second-order valence-corrected chi connectivity index (χ2v) is 8.14. The van der Waals surface area contributed by atoms with Gasteiger partial charge in [0.15, 0.2) is 0 Å². The fraction of sp³-hybridized carbons (Fsp3) is 0.111. The first kappa shape index (κ1) is 14.2. The van der Waals surface area contributed by atoms with Gasteiger partial charge in [-0.1, -0.05) is 42.5 Å². The zero-order chi connectivity index (χ0) is 16.0. The van der Waals surface area contributed by atoms with Crippen molar-refractivity contribution in [2.45, 2.75) is 11.6 Å². The van der Waals surface area contributed by atoms with Crippen LogP contribution in [-0.2, 0) is 4.57 Å². The molecule has 1 heterocycles. The third-order valence-corrected chi connectivity index (χ3v) is 7.08. The van der Waals surface area contributed by atoms with Crippen LogP contribution in [-0.4, -0.2) is 15.9 Å². The van der Waals surface area contributed by atoms with E-state index in [4.69, 9.17) is 4.52 Å². The first-order valence-electron chi connectivity index (χ1n) is 7.35. The van der Waals surface area contributed by atoms with Gasteiger partial charge in [0.2, 0.25) is 0 Å². The molecule has 2 aromatic rings. The molecule has 0 saturated heterocycles. The Hall–Kier alpha value is -2.45. The van der Waals surface area contributed by atoms with Gasteiger partial charge in [0, 0.05) is 11.5 Å². The van der Waals surface area contributed by atoms with E-state index < -0.39 is 13.0 Å². The van der Waals surface area contributed by atoms with E-state index in [9.17, 15) is 14.8 Å². The summed E-state index contributed by atoms with van der Waals surface area (Å²) in [4.78, 5) is 0. The molecule has 2 aliphatic rings. The van der Waals surface area contributed by atoms with Gasteiger partial charge in [-0.05, 0) is 24.3 Å². The van der Waals surface area contributed by atoms with E-state index in [1.54, 1.807) is 6.07 Å². The number of fused-ring (bicyclic) bond motifs is 3. The Morgan fingerprint density at radius 2 is 1.78 bits per heavy atom. The van der Waals surface area contributed by atoms with E-state index in [0.717, 1.165) is 5.56 Å². The summed E-state index contributed by atoms with van der Waals surface area (Å²) in [6.07, 6.45) is 7.62. The van der Waals surface area contributed by atoms with Crippen LogP contribution in [0.3, 0.4) is 0 Å². The van der Waals surface area contributed by atoms with Crippen LogP contribution in [0.5, 0.6) is 17.2 Å². The summed E-state index contributed by atoms with van der Waals surface area (Å²) < 4.78 is 19.7. The van der Waals surface area contributed by atoms with Crippen LogP contribution in [0.1, 0.15) is 11.5 Å². The normalized spacial score (nSPS) is 27.8. The van der Waals surface area contributed by atoms with Crippen LogP contribution in [0.15, 0.2) is 66.8 Å². The van der Waals surface area contributed by atoms with Gasteiger partial charge in [0.1, 0.15) is 17.2 Å². The number of benzene rings is 2. The molecular formula is C18H15O4P. The van der Waals surface area contributed by atoms with Crippen molar-refractivity contribution in [3.8, 4) is 17.2 Å². The fourth-order valence-corrected chi connectivity index (χ4v) is 5.94. The Balaban J connectivity index is 1.95. The van der Waals surface area contributed by atoms with Crippen molar-refractivity contribution in [1.82, 2.24) is 0 Å². The molecule has 4 rings (SSSR count). The Labute approximate surface area is 133 Å². The molecule has 3 atom stereocenters. The predicted octanol–water partition coefficient (Wildman–Crippen LogP) is 3.67. The molecule has 0 saturated carbocycles. The molecule has 23 heavy (non-hydrogen) atoms. The SMILES string of the molecule is O=P1(c2cc(O)ccc2O)Oc2ccccc2C2C=CC=CC21. The smallest absolute Gasteiger partial charge is 0.288 e. The van der Waals surface area contributed by atoms with Gasteiger partial charge >= 0.3 is 0 Å². The summed E-state index contributed by atoms with van der Waals surface area (Å²) in [5, 5.41) is 20.1. The maximum Gasteiger partial charge on any atom is 0.288 e. The molecule has 3 unspecified atom stereocenters. The Kier molecular flexibility index (Phi) is 3.10. The predicted molar refractivity (Wildman–Crippen MR) is 88.9 cm³/mol. The number of rotatable bonds is 1. The lowest BCUT2D eigenvalue weighted by Gasteiger charge is -2.38. The highest BCUT2D eigenvalue weighted by molar-refractivity contribution is 7.68. The third kappa shape index (κ3) is 2.10.